The lowest BCUT2D eigenvalue weighted by molar-refractivity contribution is -0.118. The van der Waals surface area contributed by atoms with Crippen LogP contribution in [0.2, 0.25) is 0 Å². The van der Waals surface area contributed by atoms with E-state index in [1.807, 2.05) is 29.0 Å². The molecule has 10 nitrogen and oxygen atoms in total. The topological polar surface area (TPSA) is 154 Å². The Labute approximate surface area is 229 Å². The maximum absolute atomic E-state index is 12.5. The van der Waals surface area contributed by atoms with Gasteiger partial charge in [-0.2, -0.15) is 4.99 Å². The highest BCUT2D eigenvalue weighted by molar-refractivity contribution is 8.18. The molecule has 1 heterocycles. The minimum atomic E-state index is -3.61. The van der Waals surface area contributed by atoms with Crippen LogP contribution in [0.4, 0.5) is 5.69 Å². The number of hydrogen-bond donors (Lipinski definition) is 4. The van der Waals surface area contributed by atoms with Crippen molar-refractivity contribution in [2.75, 3.05) is 18.7 Å². The van der Waals surface area contributed by atoms with Crippen LogP contribution in [0.5, 0.6) is 11.5 Å². The number of carbonyl (C=O) groups is 2. The highest BCUT2D eigenvalue weighted by Gasteiger charge is 2.22. The Kier molecular flexibility index (Phi) is 8.38. The van der Waals surface area contributed by atoms with Gasteiger partial charge >= 0.3 is 0 Å². The van der Waals surface area contributed by atoms with Crippen LogP contribution in [0.25, 0.3) is 17.2 Å². The van der Waals surface area contributed by atoms with Gasteiger partial charge in [-0.3, -0.25) is 14.3 Å². The summed E-state index contributed by atoms with van der Waals surface area (Å²) in [6.07, 6.45) is 2.56. The lowest BCUT2D eigenvalue weighted by Gasteiger charge is -2.11. The third-order valence-corrected chi connectivity index (χ3v) is 7.07. The van der Waals surface area contributed by atoms with Crippen molar-refractivity contribution >= 4 is 50.5 Å². The normalized spacial score (nSPS) is 14.3. The molecule has 0 bridgehead atoms. The summed E-state index contributed by atoms with van der Waals surface area (Å²) >= 11 is 1.19. The quantitative estimate of drug-likeness (QED) is 0.300. The zero-order valence-corrected chi connectivity index (χ0v) is 22.6. The molecule has 0 unspecified atom stereocenters. The van der Waals surface area contributed by atoms with Crippen LogP contribution < -0.4 is 14.8 Å². The van der Waals surface area contributed by atoms with Crippen LogP contribution >= 0.6 is 11.8 Å². The molecular formula is C27H25N3O7S2. The zero-order chi connectivity index (χ0) is 28.2. The molecule has 3 aromatic rings. The monoisotopic (exact) mass is 567 g/mol. The fourth-order valence-corrected chi connectivity index (χ4v) is 5.07. The number of carbonyl (C=O) groups excluding carboxylic acids is 2. The van der Waals surface area contributed by atoms with Gasteiger partial charge in [0, 0.05) is 11.3 Å². The van der Waals surface area contributed by atoms with E-state index in [1.54, 1.807) is 42.5 Å². The molecule has 39 heavy (non-hydrogen) atoms. The third kappa shape index (κ3) is 7.25. The number of nitrogens with one attached hydrogen (secondary N) is 2. The van der Waals surface area contributed by atoms with Gasteiger partial charge in [0.25, 0.3) is 5.91 Å². The number of aliphatic hydroxyl groups is 1. The Morgan fingerprint density at radius 2 is 1.77 bits per heavy atom. The van der Waals surface area contributed by atoms with E-state index in [4.69, 9.17) is 4.74 Å². The fourth-order valence-electron chi connectivity index (χ4n) is 3.75. The largest absolute Gasteiger partial charge is 0.504 e. The minimum Gasteiger partial charge on any atom is -0.504 e. The number of nitrogens with zero attached hydrogens (tertiary/aromatic N) is 1. The molecule has 0 radical (unpaired) electrons. The molecule has 1 aliphatic rings. The Morgan fingerprint density at radius 3 is 2.38 bits per heavy atom. The molecule has 0 saturated carbocycles. The van der Waals surface area contributed by atoms with Gasteiger partial charge in [-0.25, -0.2) is 8.42 Å². The molecule has 3 aromatic carbocycles. The second-order valence-corrected chi connectivity index (χ2v) is 11.4. The molecule has 0 atom stereocenters. The van der Waals surface area contributed by atoms with E-state index in [1.165, 1.54) is 18.9 Å². The van der Waals surface area contributed by atoms with Crippen molar-refractivity contribution in [3.63, 3.8) is 0 Å². The molecule has 4 N–H and O–H groups in total. The Hall–Kier alpha value is -4.13. The van der Waals surface area contributed by atoms with Crippen molar-refractivity contribution in [3.05, 3.63) is 82.3 Å². The molecule has 12 heteroatoms. The molecule has 0 saturated heterocycles. The zero-order valence-electron chi connectivity index (χ0n) is 21.0. The van der Waals surface area contributed by atoms with Gasteiger partial charge < -0.3 is 20.3 Å². The van der Waals surface area contributed by atoms with E-state index in [2.05, 4.69) is 10.3 Å². The maximum Gasteiger partial charge on any atom is 0.286 e. The summed E-state index contributed by atoms with van der Waals surface area (Å²) in [4.78, 5) is 28.7. The summed E-state index contributed by atoms with van der Waals surface area (Å²) in [6.45, 7) is -0.331. The second-order valence-electron chi connectivity index (χ2n) is 8.60. The van der Waals surface area contributed by atoms with E-state index < -0.39 is 15.9 Å². The number of amides is 2. The Bertz CT molecular complexity index is 1560. The number of methoxy groups -OCH3 is 1. The number of sulfonamides is 1. The van der Waals surface area contributed by atoms with Gasteiger partial charge in [0.1, 0.15) is 0 Å². The van der Waals surface area contributed by atoms with Crippen molar-refractivity contribution < 1.29 is 33.0 Å². The molecule has 0 spiro atoms. The van der Waals surface area contributed by atoms with Crippen molar-refractivity contribution in [2.24, 2.45) is 4.99 Å². The Morgan fingerprint density at radius 1 is 1.08 bits per heavy atom. The molecule has 2 amide bonds. The van der Waals surface area contributed by atoms with Gasteiger partial charge in [-0.15, -0.1) is 0 Å². The van der Waals surface area contributed by atoms with Crippen LogP contribution in [0, 0.1) is 0 Å². The number of anilines is 1. The summed E-state index contributed by atoms with van der Waals surface area (Å²) in [6, 6.07) is 17.6. The number of benzene rings is 3. The molecule has 1 aliphatic heterocycles. The van der Waals surface area contributed by atoms with Gasteiger partial charge in [-0.1, -0.05) is 36.4 Å². The lowest BCUT2D eigenvalue weighted by atomic mass is 10.0. The molecule has 0 aliphatic carbocycles. The van der Waals surface area contributed by atoms with Gasteiger partial charge in [0.2, 0.25) is 15.9 Å². The highest BCUT2D eigenvalue weighted by atomic mass is 32.2. The summed E-state index contributed by atoms with van der Waals surface area (Å²) in [5, 5.41) is 23.1. The first-order valence-electron chi connectivity index (χ1n) is 11.5. The van der Waals surface area contributed by atoms with Gasteiger partial charge in [0.15, 0.2) is 16.7 Å². The number of ether oxygens (including phenoxy) is 1. The van der Waals surface area contributed by atoms with E-state index in [0.717, 1.165) is 22.9 Å². The van der Waals surface area contributed by atoms with Crippen LogP contribution in [-0.2, 0) is 32.6 Å². The first-order valence-corrected chi connectivity index (χ1v) is 14.3. The van der Waals surface area contributed by atoms with Crippen molar-refractivity contribution in [2.45, 2.75) is 13.0 Å². The number of amidine groups is 1. The molecule has 4 rings (SSSR count). The molecule has 0 fully saturated rings. The Balaban J connectivity index is 1.40. The first kappa shape index (κ1) is 27.9. The predicted molar refractivity (Wildman–Crippen MR) is 151 cm³/mol. The summed E-state index contributed by atoms with van der Waals surface area (Å²) in [5.74, 6) is -0.837. The number of aliphatic hydroxyl groups excluding tert-OH is 1. The van der Waals surface area contributed by atoms with Crippen LogP contribution in [0.3, 0.4) is 0 Å². The standard InChI is InChI=1S/C27H25N3O7S2/c1-37-22-14-19(13-20(15-31)25(22)33)18-7-3-16(4-8-18)11-23-26(34)29-27(38-23)28-21-9-5-17(6-10-21)12-24(32)30-39(2,35)36/h3-11,13-14,31,33H,12,15H2,1-2H3,(H,30,32)(H,28,29,34)/b23-11+. The molecular weight excluding hydrogens is 542 g/mol. The van der Waals surface area contributed by atoms with E-state index >= 15 is 0 Å². The van der Waals surface area contributed by atoms with Crippen LogP contribution in [0.15, 0.2) is 70.6 Å². The minimum absolute atomic E-state index is 0.0872. The van der Waals surface area contributed by atoms with Crippen molar-refractivity contribution in [1.29, 1.82) is 0 Å². The number of rotatable bonds is 8. The second kappa shape index (κ2) is 11.7. The number of phenols is 1. The van der Waals surface area contributed by atoms with Gasteiger partial charge in [0.05, 0.1) is 31.3 Å². The van der Waals surface area contributed by atoms with Crippen LogP contribution in [0.1, 0.15) is 16.7 Å². The van der Waals surface area contributed by atoms with Crippen LogP contribution in [-0.4, -0.2) is 49.0 Å². The average molecular weight is 568 g/mol. The summed E-state index contributed by atoms with van der Waals surface area (Å²) in [7, 11) is -2.17. The third-order valence-electron chi connectivity index (χ3n) is 5.58. The van der Waals surface area contributed by atoms with E-state index in [-0.39, 0.29) is 30.4 Å². The van der Waals surface area contributed by atoms with Crippen molar-refractivity contribution in [3.8, 4) is 22.6 Å². The average Bonchev–Trinajstić information content (AvgIpc) is 3.22. The number of thioether (sulfide) groups is 1. The first-order chi connectivity index (χ1) is 18.5. The summed E-state index contributed by atoms with van der Waals surface area (Å²) < 4.78 is 29.5. The van der Waals surface area contributed by atoms with Gasteiger partial charge in [-0.05, 0) is 64.4 Å². The molecule has 0 aromatic heterocycles. The number of aromatic hydroxyl groups is 1. The molecule has 202 valence electrons. The predicted octanol–water partition coefficient (Wildman–Crippen LogP) is 3.26. The lowest BCUT2D eigenvalue weighted by Crippen LogP contribution is -2.30. The fraction of sp³-hybridized carbons (Fsp3) is 0.148. The maximum atomic E-state index is 12.5. The summed E-state index contributed by atoms with van der Waals surface area (Å²) in [5.41, 5.74) is 4.02. The van der Waals surface area contributed by atoms with Crippen molar-refractivity contribution in [1.82, 2.24) is 4.72 Å². The SMILES string of the molecule is COc1cc(-c2ccc(/C=C3/SC(Nc4ccc(CC(=O)NS(C)(=O)=O)cc4)=NC3=O)cc2)cc(CO)c1O. The number of aliphatic imine (C=N–C) groups is 1. The van der Waals surface area contributed by atoms with E-state index in [9.17, 15) is 28.2 Å². The van der Waals surface area contributed by atoms with E-state index in [0.29, 0.717) is 26.9 Å². The number of hydrogen-bond acceptors (Lipinski definition) is 9. The smallest absolute Gasteiger partial charge is 0.286 e. The highest BCUT2D eigenvalue weighted by Crippen LogP contribution is 2.36.